The van der Waals surface area contributed by atoms with Gasteiger partial charge >= 0.3 is 0 Å². The molecule has 1 N–H and O–H groups in total. The largest absolute Gasteiger partial charge is 0.335 e. The molecule has 0 aromatic rings. The van der Waals surface area contributed by atoms with Gasteiger partial charge in [0.05, 0.1) is 0 Å². The van der Waals surface area contributed by atoms with Crippen LogP contribution in [0.4, 0.5) is 0 Å². The standard InChI is InChI=1S/C7H14N2S2/c1-4-6-9(11-3)7-5-8-10-2/h4-8H,1-3H3/b6-4-,7-5-. The number of nitrogens with one attached hydrogen (secondary N) is 1. The Hall–Kier alpha value is -0.220. The van der Waals surface area contributed by atoms with Gasteiger partial charge in [-0.15, -0.1) is 0 Å². The van der Waals surface area contributed by atoms with Gasteiger partial charge in [-0.1, -0.05) is 18.0 Å². The van der Waals surface area contributed by atoms with E-state index in [1.165, 1.54) is 0 Å². The molecule has 0 aromatic heterocycles. The van der Waals surface area contributed by atoms with Gasteiger partial charge in [-0.3, -0.25) is 4.31 Å². The zero-order valence-electron chi connectivity index (χ0n) is 7.07. The quantitative estimate of drug-likeness (QED) is 0.669. The van der Waals surface area contributed by atoms with E-state index < -0.39 is 0 Å². The van der Waals surface area contributed by atoms with Crippen LogP contribution in [0.3, 0.4) is 0 Å². The van der Waals surface area contributed by atoms with E-state index in [0.29, 0.717) is 0 Å². The fourth-order valence-corrected chi connectivity index (χ4v) is 1.11. The van der Waals surface area contributed by atoms with E-state index in [4.69, 9.17) is 0 Å². The van der Waals surface area contributed by atoms with Crippen LogP contribution in [0.15, 0.2) is 24.7 Å². The minimum absolute atomic E-state index is 1.58. The average molecular weight is 190 g/mol. The molecule has 0 aromatic carbocycles. The molecule has 0 aliphatic heterocycles. The first-order chi connectivity index (χ1) is 5.35. The van der Waals surface area contributed by atoms with Gasteiger partial charge in [-0.05, 0) is 18.9 Å². The predicted octanol–water partition coefficient (Wildman–Crippen LogP) is 2.44. The molecule has 64 valence electrons. The Bertz CT molecular complexity index is 134. The van der Waals surface area contributed by atoms with E-state index in [0.717, 1.165) is 0 Å². The lowest BCUT2D eigenvalue weighted by atomic mass is 10.7. The molecule has 0 aliphatic carbocycles. The van der Waals surface area contributed by atoms with Crippen molar-refractivity contribution in [3.63, 3.8) is 0 Å². The van der Waals surface area contributed by atoms with Crippen LogP contribution in [0.5, 0.6) is 0 Å². The summed E-state index contributed by atoms with van der Waals surface area (Å²) in [5, 5.41) is 0. The van der Waals surface area contributed by atoms with Crippen molar-refractivity contribution in [1.29, 1.82) is 0 Å². The molecule has 0 unspecified atom stereocenters. The summed E-state index contributed by atoms with van der Waals surface area (Å²) in [6.07, 6.45) is 11.9. The third-order valence-electron chi connectivity index (χ3n) is 0.914. The van der Waals surface area contributed by atoms with Crippen molar-refractivity contribution in [2.75, 3.05) is 12.5 Å². The van der Waals surface area contributed by atoms with Crippen LogP contribution >= 0.6 is 23.9 Å². The fraction of sp³-hybridized carbons (Fsp3) is 0.429. The van der Waals surface area contributed by atoms with E-state index in [9.17, 15) is 0 Å². The minimum Gasteiger partial charge on any atom is -0.335 e. The summed E-state index contributed by atoms with van der Waals surface area (Å²) in [5.41, 5.74) is 0. The molecule has 0 atom stereocenters. The Kier molecular flexibility index (Phi) is 7.72. The van der Waals surface area contributed by atoms with Crippen molar-refractivity contribution in [3.05, 3.63) is 24.7 Å². The molecule has 0 heterocycles. The van der Waals surface area contributed by atoms with E-state index in [1.807, 2.05) is 48.4 Å². The lowest BCUT2D eigenvalue weighted by molar-refractivity contribution is 0.848. The molecule has 0 saturated heterocycles. The van der Waals surface area contributed by atoms with Crippen LogP contribution in [0.1, 0.15) is 6.92 Å². The van der Waals surface area contributed by atoms with Crippen LogP contribution in [0.25, 0.3) is 0 Å². The molecule has 0 radical (unpaired) electrons. The molecular formula is C7H14N2S2. The maximum Gasteiger partial charge on any atom is 0.0321 e. The van der Waals surface area contributed by atoms with Gasteiger partial charge in [0.1, 0.15) is 0 Å². The SMILES string of the molecule is C/C=C\N(/C=C\NSC)SC. The molecular weight excluding hydrogens is 176 g/mol. The Labute approximate surface area is 77.4 Å². The third kappa shape index (κ3) is 6.19. The second-order valence-electron chi connectivity index (χ2n) is 1.66. The highest BCUT2D eigenvalue weighted by Gasteiger charge is 1.85. The van der Waals surface area contributed by atoms with Crippen molar-refractivity contribution in [3.8, 4) is 0 Å². The molecule has 0 rings (SSSR count). The maximum absolute atomic E-state index is 3.02. The van der Waals surface area contributed by atoms with Crippen molar-refractivity contribution < 1.29 is 0 Å². The minimum atomic E-state index is 1.58. The van der Waals surface area contributed by atoms with E-state index in [-0.39, 0.29) is 0 Å². The fourth-order valence-electron chi connectivity index (χ4n) is 0.490. The highest BCUT2D eigenvalue weighted by Crippen LogP contribution is 2.05. The molecule has 0 bridgehead atoms. The highest BCUT2D eigenvalue weighted by molar-refractivity contribution is 7.96. The molecule has 2 nitrogen and oxygen atoms in total. The van der Waals surface area contributed by atoms with Crippen LogP contribution in [-0.2, 0) is 0 Å². The van der Waals surface area contributed by atoms with E-state index in [2.05, 4.69) is 4.72 Å². The summed E-state index contributed by atoms with van der Waals surface area (Å²) < 4.78 is 5.04. The summed E-state index contributed by atoms with van der Waals surface area (Å²) in [5.74, 6) is 0. The first kappa shape index (κ1) is 10.8. The second-order valence-corrected chi connectivity index (χ2v) is 3.09. The van der Waals surface area contributed by atoms with Crippen LogP contribution in [0.2, 0.25) is 0 Å². The van der Waals surface area contributed by atoms with E-state index >= 15 is 0 Å². The van der Waals surface area contributed by atoms with Gasteiger partial charge in [0.15, 0.2) is 0 Å². The number of rotatable bonds is 5. The first-order valence-corrected chi connectivity index (χ1v) is 5.66. The Morgan fingerprint density at radius 3 is 2.45 bits per heavy atom. The van der Waals surface area contributed by atoms with Crippen LogP contribution in [0, 0.1) is 0 Å². The molecule has 0 spiro atoms. The van der Waals surface area contributed by atoms with E-state index in [1.54, 1.807) is 23.9 Å². The topological polar surface area (TPSA) is 15.3 Å². The number of hydrogen-bond acceptors (Lipinski definition) is 4. The van der Waals surface area contributed by atoms with Crippen molar-refractivity contribution in [2.24, 2.45) is 0 Å². The van der Waals surface area contributed by atoms with Crippen molar-refractivity contribution in [1.82, 2.24) is 9.03 Å². The van der Waals surface area contributed by atoms with Gasteiger partial charge < -0.3 is 4.72 Å². The summed E-state index contributed by atoms with van der Waals surface area (Å²) in [6.45, 7) is 2.00. The lowest BCUT2D eigenvalue weighted by Gasteiger charge is -2.09. The average Bonchev–Trinajstić information content (AvgIpc) is 2.03. The lowest BCUT2D eigenvalue weighted by Crippen LogP contribution is -1.98. The Morgan fingerprint density at radius 2 is 2.00 bits per heavy atom. The molecule has 0 saturated carbocycles. The number of hydrogen-bond donors (Lipinski definition) is 1. The smallest absolute Gasteiger partial charge is 0.0321 e. The predicted molar refractivity (Wildman–Crippen MR) is 56.0 cm³/mol. The third-order valence-corrected chi connectivity index (χ3v) is 1.95. The Balaban J connectivity index is 3.67. The number of nitrogens with zero attached hydrogens (tertiary/aromatic N) is 1. The zero-order valence-corrected chi connectivity index (χ0v) is 8.71. The highest BCUT2D eigenvalue weighted by atomic mass is 32.2. The van der Waals surface area contributed by atoms with Crippen molar-refractivity contribution >= 4 is 23.9 Å². The summed E-state index contributed by atoms with van der Waals surface area (Å²) in [6, 6.07) is 0. The maximum atomic E-state index is 3.02. The van der Waals surface area contributed by atoms with Crippen molar-refractivity contribution in [2.45, 2.75) is 6.92 Å². The molecule has 11 heavy (non-hydrogen) atoms. The van der Waals surface area contributed by atoms with Gasteiger partial charge in [0.2, 0.25) is 0 Å². The van der Waals surface area contributed by atoms with Gasteiger partial charge in [-0.2, -0.15) is 0 Å². The summed E-state index contributed by atoms with van der Waals surface area (Å²) >= 11 is 3.23. The van der Waals surface area contributed by atoms with Gasteiger partial charge in [0, 0.05) is 31.1 Å². The van der Waals surface area contributed by atoms with Gasteiger partial charge in [-0.25, -0.2) is 0 Å². The second kappa shape index (κ2) is 7.88. The monoisotopic (exact) mass is 190 g/mol. The summed E-state index contributed by atoms with van der Waals surface area (Å²) in [4.78, 5) is 0. The normalized spacial score (nSPS) is 11.2. The molecule has 0 aliphatic rings. The molecule has 0 fully saturated rings. The number of allylic oxidation sites excluding steroid dienone is 1. The Morgan fingerprint density at radius 1 is 1.27 bits per heavy atom. The summed E-state index contributed by atoms with van der Waals surface area (Å²) in [7, 11) is 0. The molecule has 0 amide bonds. The first-order valence-electron chi connectivity index (χ1n) is 3.25. The zero-order chi connectivity index (χ0) is 8.53. The van der Waals surface area contributed by atoms with Crippen LogP contribution in [-0.4, -0.2) is 16.8 Å². The van der Waals surface area contributed by atoms with Crippen LogP contribution < -0.4 is 4.72 Å². The van der Waals surface area contributed by atoms with Gasteiger partial charge in [0.25, 0.3) is 0 Å². The molecule has 4 heteroatoms.